The number of ether oxygens (including phenoxy) is 1. The molecule has 0 saturated carbocycles. The van der Waals surface area contributed by atoms with Crippen molar-refractivity contribution in [3.05, 3.63) is 109 Å². The Morgan fingerprint density at radius 3 is 1.66 bits per heavy atom. The number of nitrogens with two attached hydrogens (primary N) is 2. The monoisotopic (exact) mass is 519 g/mol. The number of nitrogen functional groups attached to an aromatic ring is 2. The number of hydrogen-bond donors (Lipinski definition) is 2. The van der Waals surface area contributed by atoms with Crippen molar-refractivity contribution < 1.29 is 37.7 Å². The van der Waals surface area contributed by atoms with Gasteiger partial charge in [0.15, 0.2) is 0 Å². The molecule has 182 valence electrons. The van der Waals surface area contributed by atoms with Gasteiger partial charge in [-0.15, -0.1) is 0 Å². The normalized spacial score (nSPS) is 19.7. The Kier molecular flexibility index (Phi) is 4.83. The van der Waals surface area contributed by atoms with Gasteiger partial charge in [-0.05, 0) is 74.0 Å². The van der Waals surface area contributed by atoms with Gasteiger partial charge in [0.2, 0.25) is 0 Å². The van der Waals surface area contributed by atoms with Crippen molar-refractivity contribution in [1.29, 1.82) is 0 Å². The summed E-state index contributed by atoms with van der Waals surface area (Å²) in [6.45, 7) is -3.96. The highest BCUT2D eigenvalue weighted by Crippen LogP contribution is 2.55. The molecule has 4 rings (SSSR count). The average Bonchev–Trinajstić information content (AvgIpc) is 3.06. The Labute approximate surface area is 237 Å². The van der Waals surface area contributed by atoms with Gasteiger partial charge in [0, 0.05) is 17.0 Å². The maximum absolute atomic E-state index is 9.64. The van der Waals surface area contributed by atoms with Gasteiger partial charge in [0.25, 0.3) is 0 Å². The second-order valence-electron chi connectivity index (χ2n) is 7.02. The van der Waals surface area contributed by atoms with Crippen LogP contribution in [0.4, 0.5) is 11.4 Å². The number of rotatable bonds is 11. The van der Waals surface area contributed by atoms with Gasteiger partial charge in [0.1, 0.15) is 28.9 Å². The van der Waals surface area contributed by atoms with Crippen molar-refractivity contribution in [2.75, 3.05) is 24.1 Å². The van der Waals surface area contributed by atoms with Crippen LogP contribution in [0, 0.1) is 0 Å². The molecule has 0 unspecified atom stereocenters. The molecule has 0 aliphatic heterocycles. The summed E-state index contributed by atoms with van der Waals surface area (Å²) in [6, 6.07) is 21.3. The van der Waals surface area contributed by atoms with Crippen LogP contribution in [0.15, 0.2) is 109 Å². The maximum Gasteiger partial charge on any atom is 0.121 e. The molecule has 0 aliphatic carbocycles. The minimum Gasteiger partial charge on any atom is -1.00 e. The van der Waals surface area contributed by atoms with Crippen molar-refractivity contribution in [2.45, 2.75) is 25.5 Å². The number of benzene rings is 4. The van der Waals surface area contributed by atoms with Gasteiger partial charge in [-0.1, -0.05) is 54.6 Å². The van der Waals surface area contributed by atoms with Gasteiger partial charge in [-0.3, -0.25) is 0 Å². The second-order valence-corrected chi connectivity index (χ2v) is 10.1. The molecule has 35 heavy (non-hydrogen) atoms. The summed E-state index contributed by atoms with van der Waals surface area (Å²) in [6.07, 6.45) is -19.8. The molecule has 0 radical (unpaired) electrons. The largest absolute Gasteiger partial charge is 1.00 e. The van der Waals surface area contributed by atoms with E-state index in [9.17, 15) is 5.48 Å². The van der Waals surface area contributed by atoms with Crippen LogP contribution in [0.25, 0.3) is 0 Å². The maximum atomic E-state index is 9.64. The summed E-state index contributed by atoms with van der Waals surface area (Å²) in [4.78, 5) is 0. The van der Waals surface area contributed by atoms with E-state index < -0.39 is 80.7 Å². The zero-order chi connectivity index (χ0) is 37.0. The molecule has 0 aliphatic rings. The van der Waals surface area contributed by atoms with E-state index in [1.807, 2.05) is 0 Å². The lowest BCUT2D eigenvalue weighted by Gasteiger charge is -2.27. The Morgan fingerprint density at radius 1 is 0.657 bits per heavy atom. The van der Waals surface area contributed by atoms with Crippen LogP contribution in [0.5, 0.6) is 5.75 Å². The number of anilines is 2. The fraction of sp³-hybridized carbons (Fsp3) is 0.200. The molecule has 0 fully saturated rings. The van der Waals surface area contributed by atoms with Crippen LogP contribution in [0.3, 0.4) is 0 Å². The first kappa shape index (κ1) is 12.8. The van der Waals surface area contributed by atoms with Gasteiger partial charge in [-0.25, -0.2) is 0 Å². The first-order valence-corrected chi connectivity index (χ1v) is 12.2. The quantitative estimate of drug-likeness (QED) is 0.237. The predicted octanol–water partition coefficient (Wildman–Crippen LogP) is 2.79. The third kappa shape index (κ3) is 6.57. The smallest absolute Gasteiger partial charge is 0.121 e. The predicted molar refractivity (Wildman–Crippen MR) is 149 cm³/mol. The molecule has 3 nitrogen and oxygen atoms in total. The SMILES string of the molecule is [2H]c1c([2H])c(OC([2H])([2H])C([2H])([2H])C([2H])([2H])C([2H])([2H])C([2H])([2H])C([2H])([2H])[P+](c2ccccc2)(c2ccccc2)c2ccccc2)c([2H])c(N)c1N.[Cl-]. The van der Waals surface area contributed by atoms with E-state index >= 15 is 0 Å². The van der Waals surface area contributed by atoms with Crippen molar-refractivity contribution in [3.8, 4) is 5.75 Å². The molecule has 0 saturated heterocycles. The molecule has 0 atom stereocenters. The highest BCUT2D eigenvalue weighted by molar-refractivity contribution is 7.95. The molecule has 0 spiro atoms. The molecular formula is C30H34ClN2OP. The first-order chi connectivity index (χ1) is 22.5. The molecular weight excluding hydrogens is 471 g/mol. The Morgan fingerprint density at radius 2 is 1.14 bits per heavy atom. The van der Waals surface area contributed by atoms with Crippen LogP contribution in [0.2, 0.25) is 0 Å². The van der Waals surface area contributed by atoms with E-state index in [0.29, 0.717) is 0 Å². The molecule has 4 aromatic carbocycles. The van der Waals surface area contributed by atoms with Crippen LogP contribution < -0.4 is 44.5 Å². The van der Waals surface area contributed by atoms with Crippen LogP contribution in [-0.2, 0) is 0 Å². The summed E-state index contributed by atoms with van der Waals surface area (Å²) >= 11 is 0. The van der Waals surface area contributed by atoms with Gasteiger partial charge in [-0.2, -0.15) is 0 Å². The summed E-state index contributed by atoms with van der Waals surface area (Å²) in [5.74, 6) is -1.08. The standard InChI is InChI=1S/C30H34N2OP.ClH/c31-29-21-20-25(24-30(29)32)33-22-12-1-2-13-23-34(26-14-6-3-7-15-26,27-16-8-4-9-17-27)28-18-10-5-11-19-28;/h3-11,14-21,24H,1-2,12-13,22-23,31-32H2;1H/q+1;/p-1/i1D2,2D2,12D2,13D2,20D,21D,22D2,23D2,24D;. The van der Waals surface area contributed by atoms with Gasteiger partial charge in [0.05, 0.1) is 33.6 Å². The number of halogens is 1. The summed E-state index contributed by atoms with van der Waals surface area (Å²) < 4.78 is 136. The van der Waals surface area contributed by atoms with Crippen molar-refractivity contribution in [3.63, 3.8) is 0 Å². The minimum absolute atomic E-state index is 0. The van der Waals surface area contributed by atoms with Crippen molar-refractivity contribution >= 4 is 34.6 Å². The third-order valence-electron chi connectivity index (χ3n) is 4.89. The molecule has 0 heterocycles. The number of hydrogen-bond acceptors (Lipinski definition) is 3. The van der Waals surface area contributed by atoms with E-state index in [2.05, 4.69) is 0 Å². The van der Waals surface area contributed by atoms with Crippen LogP contribution in [-0.4, -0.2) is 12.7 Å². The summed E-state index contributed by atoms with van der Waals surface area (Å²) in [7, 11) is -4.01. The summed E-state index contributed by atoms with van der Waals surface area (Å²) in [5.41, 5.74) is 10.2. The van der Waals surface area contributed by atoms with E-state index in [1.165, 1.54) is 0 Å². The lowest BCUT2D eigenvalue weighted by molar-refractivity contribution is -0.00000725. The minimum atomic E-state index is -4.23. The highest BCUT2D eigenvalue weighted by Gasteiger charge is 2.44. The van der Waals surface area contributed by atoms with E-state index in [0.717, 1.165) is 0 Å². The lowest BCUT2D eigenvalue weighted by atomic mass is 10.2. The lowest BCUT2D eigenvalue weighted by Crippen LogP contribution is -3.00. The summed E-state index contributed by atoms with van der Waals surface area (Å²) in [5, 5.41) is 0.826. The van der Waals surface area contributed by atoms with Crippen LogP contribution >= 0.6 is 7.26 Å². The van der Waals surface area contributed by atoms with Gasteiger partial charge >= 0.3 is 0 Å². The van der Waals surface area contributed by atoms with Crippen molar-refractivity contribution in [1.82, 2.24) is 0 Å². The second kappa shape index (κ2) is 13.2. The zero-order valence-electron chi connectivity index (χ0n) is 33.5. The topological polar surface area (TPSA) is 61.3 Å². The van der Waals surface area contributed by atoms with Crippen molar-refractivity contribution in [2.24, 2.45) is 0 Å². The first-order valence-electron chi connectivity index (χ1n) is 17.9. The zero-order valence-corrected chi connectivity index (χ0v) is 20.2. The highest BCUT2D eigenvalue weighted by atomic mass is 35.5. The fourth-order valence-electron chi connectivity index (χ4n) is 3.34. The van der Waals surface area contributed by atoms with Gasteiger partial charge < -0.3 is 28.6 Å². The molecule has 0 aromatic heterocycles. The Balaban J connectivity index is 0.00000676. The molecule has 0 bridgehead atoms. The Hall–Kier alpha value is -3.00. The average molecular weight is 520 g/mol. The van der Waals surface area contributed by atoms with E-state index in [1.54, 1.807) is 91.0 Å². The van der Waals surface area contributed by atoms with Crippen LogP contribution in [0.1, 0.15) is 46.1 Å². The molecule has 4 N–H and O–H groups in total. The van der Waals surface area contributed by atoms with E-state index in [4.69, 9.17) is 31.3 Å². The third-order valence-corrected chi connectivity index (χ3v) is 8.56. The van der Waals surface area contributed by atoms with E-state index in [-0.39, 0.29) is 28.3 Å². The molecule has 4 aromatic rings. The Bertz CT molecular complexity index is 1690. The molecule has 0 amide bonds. The fourth-order valence-corrected chi connectivity index (χ4v) is 6.70. The molecule has 5 heteroatoms.